The van der Waals surface area contributed by atoms with E-state index in [-0.39, 0.29) is 11.9 Å². The molecule has 0 N–H and O–H groups in total. The van der Waals surface area contributed by atoms with Gasteiger partial charge in [0.25, 0.3) is 0 Å². The largest absolute Gasteiger partial charge is 0.493 e. The van der Waals surface area contributed by atoms with Crippen LogP contribution in [-0.2, 0) is 9.59 Å². The molecule has 1 atom stereocenters. The van der Waals surface area contributed by atoms with E-state index in [0.717, 1.165) is 24.9 Å². The number of nitrogens with zero attached hydrogens (tertiary/aromatic N) is 1. The van der Waals surface area contributed by atoms with Crippen LogP contribution in [0.5, 0.6) is 5.75 Å². The number of para-hydroxylation sites is 1. The number of amides is 1. The number of carbonyl (C=O) groups is 2. The van der Waals surface area contributed by atoms with Crippen LogP contribution in [0.4, 0.5) is 0 Å². The molecular weight excluding hydrogens is 230 g/mol. The van der Waals surface area contributed by atoms with E-state index in [1.165, 1.54) is 0 Å². The van der Waals surface area contributed by atoms with E-state index in [1.807, 2.05) is 30.3 Å². The molecule has 0 spiro atoms. The summed E-state index contributed by atoms with van der Waals surface area (Å²) in [6, 6.07) is 9.18. The molecule has 0 saturated carbocycles. The smallest absolute Gasteiger partial charge is 0.226 e. The molecule has 0 radical (unpaired) electrons. The molecule has 1 aromatic carbocycles. The Morgan fingerprint density at radius 3 is 2.89 bits per heavy atom. The highest BCUT2D eigenvalue weighted by molar-refractivity contribution is 5.80. The monoisotopic (exact) mass is 247 g/mol. The second-order valence-electron chi connectivity index (χ2n) is 4.34. The van der Waals surface area contributed by atoms with Crippen molar-refractivity contribution >= 4 is 12.2 Å². The lowest BCUT2D eigenvalue weighted by atomic mass is 10.2. The molecule has 2 rings (SSSR count). The van der Waals surface area contributed by atoms with Crippen LogP contribution in [0, 0.1) is 0 Å². The van der Waals surface area contributed by atoms with E-state index < -0.39 is 0 Å². The van der Waals surface area contributed by atoms with Gasteiger partial charge in [-0.25, -0.2) is 0 Å². The Hall–Kier alpha value is -1.84. The molecule has 4 heteroatoms. The molecule has 1 aliphatic heterocycles. The molecule has 1 fully saturated rings. The fourth-order valence-corrected chi connectivity index (χ4v) is 2.16. The van der Waals surface area contributed by atoms with Crippen molar-refractivity contribution in [1.29, 1.82) is 0 Å². The van der Waals surface area contributed by atoms with Crippen molar-refractivity contribution in [3.63, 3.8) is 0 Å². The average Bonchev–Trinajstić information content (AvgIpc) is 2.88. The van der Waals surface area contributed by atoms with E-state index in [0.29, 0.717) is 19.6 Å². The molecule has 1 aliphatic rings. The number of benzene rings is 1. The topological polar surface area (TPSA) is 46.6 Å². The number of hydrogen-bond acceptors (Lipinski definition) is 3. The summed E-state index contributed by atoms with van der Waals surface area (Å²) in [5, 5.41) is 0. The first-order valence-electron chi connectivity index (χ1n) is 6.24. The summed E-state index contributed by atoms with van der Waals surface area (Å²) >= 11 is 0. The van der Waals surface area contributed by atoms with Crippen LogP contribution in [0.25, 0.3) is 0 Å². The summed E-state index contributed by atoms with van der Waals surface area (Å²) in [6.07, 6.45) is 2.88. The normalized spacial score (nSPS) is 18.7. The first-order chi connectivity index (χ1) is 8.81. The minimum atomic E-state index is -0.228. The summed E-state index contributed by atoms with van der Waals surface area (Å²) < 4.78 is 5.47. The van der Waals surface area contributed by atoms with Crippen LogP contribution < -0.4 is 4.74 Å². The maximum absolute atomic E-state index is 11.9. The fraction of sp³-hybridized carbons (Fsp3) is 0.429. The minimum Gasteiger partial charge on any atom is -0.493 e. The van der Waals surface area contributed by atoms with Gasteiger partial charge in [-0.1, -0.05) is 18.2 Å². The Labute approximate surface area is 107 Å². The highest BCUT2D eigenvalue weighted by atomic mass is 16.5. The van der Waals surface area contributed by atoms with Gasteiger partial charge >= 0.3 is 0 Å². The Kier molecular flexibility index (Phi) is 4.34. The van der Waals surface area contributed by atoms with Crippen LogP contribution in [0.15, 0.2) is 30.3 Å². The van der Waals surface area contributed by atoms with Gasteiger partial charge in [0.1, 0.15) is 12.0 Å². The average molecular weight is 247 g/mol. The first-order valence-corrected chi connectivity index (χ1v) is 6.24. The molecule has 1 aromatic rings. The van der Waals surface area contributed by atoms with Gasteiger partial charge in [0, 0.05) is 6.54 Å². The highest BCUT2D eigenvalue weighted by Crippen LogP contribution is 2.16. The summed E-state index contributed by atoms with van der Waals surface area (Å²) in [5.41, 5.74) is 0. The van der Waals surface area contributed by atoms with E-state index in [9.17, 15) is 9.59 Å². The van der Waals surface area contributed by atoms with Crippen molar-refractivity contribution in [3.8, 4) is 5.75 Å². The Morgan fingerprint density at radius 2 is 2.17 bits per heavy atom. The summed E-state index contributed by atoms with van der Waals surface area (Å²) in [7, 11) is 0. The van der Waals surface area contributed by atoms with Gasteiger partial charge in [-0.3, -0.25) is 4.79 Å². The molecule has 4 nitrogen and oxygen atoms in total. The zero-order valence-electron chi connectivity index (χ0n) is 10.2. The van der Waals surface area contributed by atoms with Gasteiger partial charge < -0.3 is 14.4 Å². The molecule has 18 heavy (non-hydrogen) atoms. The number of hydrogen-bond donors (Lipinski definition) is 0. The van der Waals surface area contributed by atoms with Gasteiger partial charge in [0.05, 0.1) is 19.1 Å². The van der Waals surface area contributed by atoms with Crippen molar-refractivity contribution in [2.24, 2.45) is 0 Å². The third kappa shape index (κ3) is 3.09. The molecule has 96 valence electrons. The lowest BCUT2D eigenvalue weighted by Gasteiger charge is -2.20. The predicted molar refractivity (Wildman–Crippen MR) is 67.4 cm³/mol. The third-order valence-corrected chi connectivity index (χ3v) is 3.10. The fourth-order valence-electron chi connectivity index (χ4n) is 2.16. The highest BCUT2D eigenvalue weighted by Gasteiger charge is 2.27. The van der Waals surface area contributed by atoms with E-state index in [1.54, 1.807) is 4.90 Å². The van der Waals surface area contributed by atoms with Gasteiger partial charge in [0.15, 0.2) is 0 Å². The maximum Gasteiger partial charge on any atom is 0.226 e. The SMILES string of the molecule is O=CC1CCCN1C(=O)CCOc1ccccc1. The molecular formula is C14H17NO3. The van der Waals surface area contributed by atoms with Crippen LogP contribution >= 0.6 is 0 Å². The quantitative estimate of drug-likeness (QED) is 0.743. The molecule has 0 aliphatic carbocycles. The second kappa shape index (κ2) is 6.19. The van der Waals surface area contributed by atoms with Crippen LogP contribution in [0.1, 0.15) is 19.3 Å². The Bertz CT molecular complexity index is 405. The third-order valence-electron chi connectivity index (χ3n) is 3.10. The van der Waals surface area contributed by atoms with Crippen molar-refractivity contribution < 1.29 is 14.3 Å². The number of aldehydes is 1. The Balaban J connectivity index is 1.76. The molecule has 1 saturated heterocycles. The van der Waals surface area contributed by atoms with Crippen molar-refractivity contribution in [3.05, 3.63) is 30.3 Å². The van der Waals surface area contributed by atoms with Crippen molar-refractivity contribution in [2.45, 2.75) is 25.3 Å². The standard InChI is InChI=1S/C14H17NO3/c16-11-12-5-4-9-15(12)14(17)8-10-18-13-6-2-1-3-7-13/h1-3,6-7,11-12H,4-5,8-10H2. The minimum absolute atomic E-state index is 0.000492. The van der Waals surface area contributed by atoms with Gasteiger partial charge in [-0.05, 0) is 25.0 Å². The number of carbonyl (C=O) groups excluding carboxylic acids is 2. The van der Waals surface area contributed by atoms with Gasteiger partial charge in [0.2, 0.25) is 5.91 Å². The van der Waals surface area contributed by atoms with E-state index in [4.69, 9.17) is 4.74 Å². The number of rotatable bonds is 5. The van der Waals surface area contributed by atoms with Gasteiger partial charge in [-0.15, -0.1) is 0 Å². The van der Waals surface area contributed by atoms with Crippen LogP contribution in [0.2, 0.25) is 0 Å². The van der Waals surface area contributed by atoms with Crippen LogP contribution in [0.3, 0.4) is 0 Å². The summed E-state index contributed by atoms with van der Waals surface area (Å²) in [6.45, 7) is 1.04. The predicted octanol–water partition coefficient (Wildman–Crippen LogP) is 1.65. The molecule has 0 aromatic heterocycles. The summed E-state index contributed by atoms with van der Waals surface area (Å²) in [4.78, 5) is 24.3. The molecule has 1 amide bonds. The number of ether oxygens (including phenoxy) is 1. The molecule has 0 bridgehead atoms. The first kappa shape index (κ1) is 12.6. The van der Waals surface area contributed by atoms with Crippen LogP contribution in [-0.4, -0.2) is 36.3 Å². The zero-order valence-corrected chi connectivity index (χ0v) is 10.2. The lowest BCUT2D eigenvalue weighted by Crippen LogP contribution is -2.37. The maximum atomic E-state index is 11.9. The van der Waals surface area contributed by atoms with E-state index in [2.05, 4.69) is 0 Å². The zero-order chi connectivity index (χ0) is 12.8. The Morgan fingerprint density at radius 1 is 1.39 bits per heavy atom. The van der Waals surface area contributed by atoms with Gasteiger partial charge in [-0.2, -0.15) is 0 Å². The lowest BCUT2D eigenvalue weighted by molar-refractivity contribution is -0.134. The molecule has 1 heterocycles. The van der Waals surface area contributed by atoms with E-state index >= 15 is 0 Å². The van der Waals surface area contributed by atoms with Crippen molar-refractivity contribution in [1.82, 2.24) is 4.90 Å². The number of likely N-dealkylation sites (tertiary alicyclic amines) is 1. The van der Waals surface area contributed by atoms with Crippen molar-refractivity contribution in [2.75, 3.05) is 13.2 Å². The second-order valence-corrected chi connectivity index (χ2v) is 4.34. The summed E-state index contributed by atoms with van der Waals surface area (Å²) in [5.74, 6) is 0.763. The molecule has 1 unspecified atom stereocenters.